The number of anilines is 1. The van der Waals surface area contributed by atoms with Gasteiger partial charge in [0.25, 0.3) is 0 Å². The lowest BCUT2D eigenvalue weighted by atomic mass is 9.88. The molecule has 1 heterocycles. The van der Waals surface area contributed by atoms with Crippen molar-refractivity contribution in [2.75, 3.05) is 5.32 Å². The zero-order chi connectivity index (χ0) is 23.2. The van der Waals surface area contributed by atoms with E-state index in [0.29, 0.717) is 24.1 Å². The molecule has 0 saturated heterocycles. The Morgan fingerprint density at radius 3 is 2.70 bits per heavy atom. The highest BCUT2D eigenvalue weighted by atomic mass is 19.1. The number of nitrogens with one attached hydrogen (secondary N) is 1. The van der Waals surface area contributed by atoms with Crippen molar-refractivity contribution in [2.24, 2.45) is 5.92 Å². The maximum Gasteiger partial charge on any atom is 0.412 e. The van der Waals surface area contributed by atoms with Crippen LogP contribution in [0.2, 0.25) is 0 Å². The first-order chi connectivity index (χ1) is 15.7. The molecule has 1 N–H and O–H groups in total. The molecule has 0 aliphatic heterocycles. The Bertz CT molecular complexity index is 1210. The lowest BCUT2D eigenvalue weighted by Crippen LogP contribution is -2.27. The lowest BCUT2D eigenvalue weighted by molar-refractivity contribution is 0.0636. The highest BCUT2D eigenvalue weighted by molar-refractivity contribution is 5.85. The topological polar surface area (TPSA) is 60.5 Å². The van der Waals surface area contributed by atoms with Crippen LogP contribution in [0.4, 0.5) is 14.9 Å². The molecule has 33 heavy (non-hydrogen) atoms. The van der Waals surface area contributed by atoms with Gasteiger partial charge in [0.2, 0.25) is 5.88 Å². The third-order valence-electron chi connectivity index (χ3n) is 6.32. The van der Waals surface area contributed by atoms with Gasteiger partial charge in [0, 0.05) is 16.7 Å². The summed E-state index contributed by atoms with van der Waals surface area (Å²) < 4.78 is 25.7. The number of halogens is 1. The summed E-state index contributed by atoms with van der Waals surface area (Å²) in [7, 11) is 0. The Balaban J connectivity index is 1.41. The Labute approximate surface area is 193 Å². The number of rotatable bonds is 5. The molecular formula is C27H27FN2O3. The van der Waals surface area contributed by atoms with E-state index in [2.05, 4.69) is 10.3 Å². The van der Waals surface area contributed by atoms with Crippen LogP contribution in [0.5, 0.6) is 5.88 Å². The zero-order valence-electron chi connectivity index (χ0n) is 19.0. The first-order valence-electron chi connectivity index (χ1n) is 11.2. The van der Waals surface area contributed by atoms with Crippen LogP contribution in [-0.2, 0) is 23.2 Å². The predicted octanol–water partition coefficient (Wildman–Crippen LogP) is 6.01. The van der Waals surface area contributed by atoms with Crippen LogP contribution in [0.25, 0.3) is 0 Å². The molecule has 2 aliphatic rings. The van der Waals surface area contributed by atoms with Crippen molar-refractivity contribution >= 4 is 11.8 Å². The van der Waals surface area contributed by atoms with Gasteiger partial charge in [-0.3, -0.25) is 5.32 Å². The third-order valence-corrected chi connectivity index (χ3v) is 6.32. The second-order valence-corrected chi connectivity index (χ2v) is 9.86. The highest BCUT2D eigenvalue weighted by Crippen LogP contribution is 2.66. The normalized spacial score (nSPS) is 20.5. The van der Waals surface area contributed by atoms with Gasteiger partial charge < -0.3 is 9.47 Å². The minimum absolute atomic E-state index is 0.291. The summed E-state index contributed by atoms with van der Waals surface area (Å²) in [6.07, 6.45) is 2.53. The molecular weight excluding hydrogens is 419 g/mol. The Morgan fingerprint density at radius 1 is 1.15 bits per heavy atom. The monoisotopic (exact) mass is 446 g/mol. The van der Waals surface area contributed by atoms with Crippen molar-refractivity contribution in [1.29, 1.82) is 0 Å². The first kappa shape index (κ1) is 21.4. The van der Waals surface area contributed by atoms with E-state index in [1.165, 1.54) is 6.20 Å². The largest absolute Gasteiger partial charge is 0.473 e. The highest BCUT2D eigenvalue weighted by Gasteiger charge is 2.62. The van der Waals surface area contributed by atoms with Gasteiger partial charge in [-0.05, 0) is 74.4 Å². The molecule has 2 unspecified atom stereocenters. The van der Waals surface area contributed by atoms with Crippen LogP contribution in [-0.4, -0.2) is 16.7 Å². The van der Waals surface area contributed by atoms with Crippen LogP contribution in [0.3, 0.4) is 0 Å². The van der Waals surface area contributed by atoms with Gasteiger partial charge in [0.05, 0.1) is 6.20 Å². The molecule has 2 aliphatic carbocycles. The second-order valence-electron chi connectivity index (χ2n) is 9.86. The number of benzene rings is 2. The minimum atomic E-state index is -0.562. The molecule has 6 heteroatoms. The first-order valence-corrected chi connectivity index (χ1v) is 11.2. The summed E-state index contributed by atoms with van der Waals surface area (Å²) in [5.41, 5.74) is 3.97. The van der Waals surface area contributed by atoms with Crippen molar-refractivity contribution in [3.63, 3.8) is 0 Å². The summed E-state index contributed by atoms with van der Waals surface area (Å²) in [5, 5.41) is 2.81. The molecule has 1 fully saturated rings. The van der Waals surface area contributed by atoms with Gasteiger partial charge >= 0.3 is 6.09 Å². The molecule has 1 saturated carbocycles. The van der Waals surface area contributed by atoms with E-state index in [1.54, 1.807) is 6.07 Å². The van der Waals surface area contributed by atoms with Gasteiger partial charge in [-0.25, -0.2) is 14.2 Å². The molecule has 3 aromatic rings. The van der Waals surface area contributed by atoms with Crippen LogP contribution in [0.15, 0.2) is 60.8 Å². The number of carbonyl (C=O) groups is 1. The van der Waals surface area contributed by atoms with Crippen molar-refractivity contribution in [1.82, 2.24) is 4.98 Å². The average Bonchev–Trinajstić information content (AvgIpc) is 3.38. The number of fused-ring (bicyclic) bond motifs is 3. The van der Waals surface area contributed by atoms with Crippen LogP contribution in [0, 0.1) is 11.7 Å². The van der Waals surface area contributed by atoms with Crippen LogP contribution >= 0.6 is 0 Å². The number of nitrogens with zero attached hydrogens (tertiary/aromatic N) is 1. The van der Waals surface area contributed by atoms with E-state index in [0.717, 1.165) is 35.1 Å². The van der Waals surface area contributed by atoms with Gasteiger partial charge in [-0.15, -0.1) is 0 Å². The number of pyridine rings is 1. The summed E-state index contributed by atoms with van der Waals surface area (Å²) in [6, 6.07) is 17.3. The third kappa shape index (κ3) is 4.17. The number of amides is 1. The maximum absolute atomic E-state index is 14.3. The molecule has 0 radical (unpaired) electrons. The number of hydrogen-bond acceptors (Lipinski definition) is 4. The van der Waals surface area contributed by atoms with Gasteiger partial charge in [-0.1, -0.05) is 36.4 Å². The minimum Gasteiger partial charge on any atom is -0.473 e. The predicted molar refractivity (Wildman–Crippen MR) is 124 cm³/mol. The summed E-state index contributed by atoms with van der Waals surface area (Å²) in [4.78, 5) is 16.5. The van der Waals surface area contributed by atoms with E-state index in [-0.39, 0.29) is 11.2 Å². The zero-order valence-corrected chi connectivity index (χ0v) is 19.0. The summed E-state index contributed by atoms with van der Waals surface area (Å²) in [6.45, 7) is 5.87. The van der Waals surface area contributed by atoms with Crippen molar-refractivity contribution in [3.8, 4) is 5.88 Å². The Morgan fingerprint density at radius 2 is 1.94 bits per heavy atom. The van der Waals surface area contributed by atoms with Crippen molar-refractivity contribution in [2.45, 2.75) is 51.2 Å². The molecule has 2 aromatic carbocycles. The molecule has 5 nitrogen and oxygen atoms in total. The quantitative estimate of drug-likeness (QED) is 0.522. The molecule has 2 atom stereocenters. The fourth-order valence-corrected chi connectivity index (χ4v) is 4.93. The number of ether oxygens (including phenoxy) is 2. The van der Waals surface area contributed by atoms with Crippen LogP contribution < -0.4 is 10.1 Å². The maximum atomic E-state index is 14.3. The molecule has 0 spiro atoms. The number of carbonyl (C=O) groups excluding carboxylic acids is 1. The fraction of sp³-hybridized carbons (Fsp3) is 0.333. The second kappa shape index (κ2) is 7.87. The molecule has 170 valence electrons. The van der Waals surface area contributed by atoms with E-state index < -0.39 is 11.7 Å². The number of aromatic nitrogens is 1. The van der Waals surface area contributed by atoms with E-state index in [9.17, 15) is 9.18 Å². The average molecular weight is 447 g/mol. The van der Waals surface area contributed by atoms with Gasteiger partial charge in [-0.2, -0.15) is 0 Å². The van der Waals surface area contributed by atoms with Crippen molar-refractivity contribution < 1.29 is 18.7 Å². The van der Waals surface area contributed by atoms with Gasteiger partial charge in [0.1, 0.15) is 18.0 Å². The molecule has 1 amide bonds. The fourth-order valence-electron chi connectivity index (χ4n) is 4.93. The Kier molecular flexibility index (Phi) is 5.11. The standard InChI is InChI=1S/C27H27FN2O3/c1-26(2,3)33-25(31)30-21-9-10-22-18(12-21)11-19-14-27(19,22)23-13-20(28)15-29-24(23)32-16-17-7-5-4-6-8-17/h4-10,12-13,15,19H,11,14,16H2,1-3H3,(H,30,31). The SMILES string of the molecule is CC(C)(C)OC(=O)Nc1ccc2c(c1)CC1CC21c1cc(F)cnc1OCc1ccccc1. The summed E-state index contributed by atoms with van der Waals surface area (Å²) in [5.74, 6) is 0.479. The van der Waals surface area contributed by atoms with Crippen molar-refractivity contribution in [3.05, 3.63) is 88.9 Å². The van der Waals surface area contributed by atoms with E-state index in [1.807, 2.05) is 69.3 Å². The van der Waals surface area contributed by atoms with E-state index in [4.69, 9.17) is 9.47 Å². The summed E-state index contributed by atoms with van der Waals surface area (Å²) >= 11 is 0. The molecule has 1 aromatic heterocycles. The Hall–Kier alpha value is -3.41. The molecule has 5 rings (SSSR count). The van der Waals surface area contributed by atoms with E-state index >= 15 is 0 Å². The smallest absolute Gasteiger partial charge is 0.412 e. The number of hydrogen-bond donors (Lipinski definition) is 1. The van der Waals surface area contributed by atoms with Crippen LogP contribution in [0.1, 0.15) is 49.4 Å². The molecule has 0 bridgehead atoms. The lowest BCUT2D eigenvalue weighted by Gasteiger charge is -2.21. The van der Waals surface area contributed by atoms with Gasteiger partial charge in [0.15, 0.2) is 0 Å².